The van der Waals surface area contributed by atoms with Gasteiger partial charge < -0.3 is 23.8 Å². The molecule has 0 aliphatic carbocycles. The predicted octanol–water partition coefficient (Wildman–Crippen LogP) is 5.85. The molecule has 0 spiro atoms. The average molecular weight is 526 g/mol. The second-order valence-corrected chi connectivity index (χ2v) is 9.29. The zero-order chi connectivity index (χ0) is 27.4. The number of ether oxygens (including phenoxy) is 4. The summed E-state index contributed by atoms with van der Waals surface area (Å²) in [5, 5.41) is 2.10. The van der Waals surface area contributed by atoms with Crippen molar-refractivity contribution in [2.24, 2.45) is 0 Å². The molecule has 4 aromatic carbocycles. The van der Waals surface area contributed by atoms with E-state index >= 15 is 0 Å². The van der Waals surface area contributed by atoms with Gasteiger partial charge in [-0.1, -0.05) is 30.3 Å². The first-order valence-electron chi connectivity index (χ1n) is 13.0. The van der Waals surface area contributed by atoms with Crippen LogP contribution in [-0.2, 0) is 11.2 Å². The molecule has 1 atom stereocenters. The van der Waals surface area contributed by atoms with Gasteiger partial charge in [-0.25, -0.2) is 4.79 Å². The molecule has 1 aliphatic rings. The third kappa shape index (κ3) is 5.39. The average Bonchev–Trinajstić information content (AvgIpc) is 2.98. The standard InChI is InChI=1S/C32H31NO6/c1-4-38-32(35)22-11-13-26(14-12-22)39-20-28-27-19-30(37-3)29(36-2)18-24(27)15-16-33(28)31(34)25-10-9-21-7-5-6-8-23(21)17-25/h5-14,17-19,28H,4,15-16,20H2,1-3H3. The van der Waals surface area contributed by atoms with E-state index in [1.54, 1.807) is 45.4 Å². The van der Waals surface area contributed by atoms with Gasteiger partial charge in [0.1, 0.15) is 12.4 Å². The molecule has 1 aliphatic heterocycles. The number of rotatable bonds is 8. The van der Waals surface area contributed by atoms with Crippen LogP contribution in [0, 0.1) is 0 Å². The van der Waals surface area contributed by atoms with Gasteiger partial charge in [0.2, 0.25) is 0 Å². The fraction of sp³-hybridized carbons (Fsp3) is 0.250. The van der Waals surface area contributed by atoms with Crippen molar-refractivity contribution < 1.29 is 28.5 Å². The van der Waals surface area contributed by atoms with Crippen molar-refractivity contribution in [2.75, 3.05) is 34.0 Å². The first-order chi connectivity index (χ1) is 19.0. The molecule has 1 heterocycles. The van der Waals surface area contributed by atoms with E-state index in [1.807, 2.05) is 59.5 Å². The number of amides is 1. The summed E-state index contributed by atoms with van der Waals surface area (Å²) in [6, 6.07) is 24.2. The number of hydrogen-bond acceptors (Lipinski definition) is 6. The summed E-state index contributed by atoms with van der Waals surface area (Å²) in [4.78, 5) is 27.8. The van der Waals surface area contributed by atoms with Crippen LogP contribution in [0.25, 0.3) is 10.8 Å². The summed E-state index contributed by atoms with van der Waals surface area (Å²) in [5.41, 5.74) is 3.12. The Morgan fingerprint density at radius 1 is 0.846 bits per heavy atom. The molecule has 0 bridgehead atoms. The summed E-state index contributed by atoms with van der Waals surface area (Å²) in [7, 11) is 3.21. The molecule has 7 nitrogen and oxygen atoms in total. The van der Waals surface area contributed by atoms with Gasteiger partial charge in [-0.2, -0.15) is 0 Å². The van der Waals surface area contributed by atoms with Crippen LogP contribution in [0.1, 0.15) is 44.8 Å². The quantitative estimate of drug-likeness (QED) is 0.269. The first kappa shape index (κ1) is 26.1. The number of carbonyl (C=O) groups excluding carboxylic acids is 2. The molecule has 0 N–H and O–H groups in total. The lowest BCUT2D eigenvalue weighted by atomic mass is 9.91. The number of benzene rings is 4. The van der Waals surface area contributed by atoms with Gasteiger partial charge in [0.15, 0.2) is 11.5 Å². The highest BCUT2D eigenvalue weighted by atomic mass is 16.5. The summed E-state index contributed by atoms with van der Waals surface area (Å²) in [6.45, 7) is 2.84. The normalized spacial score (nSPS) is 14.4. The maximum atomic E-state index is 13.9. The van der Waals surface area contributed by atoms with Crippen molar-refractivity contribution in [3.63, 3.8) is 0 Å². The molecule has 39 heavy (non-hydrogen) atoms. The second kappa shape index (κ2) is 11.5. The van der Waals surface area contributed by atoms with E-state index in [-0.39, 0.29) is 24.5 Å². The Labute approximate surface area is 227 Å². The van der Waals surface area contributed by atoms with Gasteiger partial charge in [0.05, 0.1) is 32.4 Å². The lowest BCUT2D eigenvalue weighted by Gasteiger charge is -2.37. The summed E-state index contributed by atoms with van der Waals surface area (Å²) >= 11 is 0. The molecule has 0 fully saturated rings. The van der Waals surface area contributed by atoms with Gasteiger partial charge >= 0.3 is 5.97 Å². The van der Waals surface area contributed by atoms with Gasteiger partial charge in [0.25, 0.3) is 5.91 Å². The van der Waals surface area contributed by atoms with Crippen LogP contribution in [-0.4, -0.2) is 50.8 Å². The molecule has 200 valence electrons. The topological polar surface area (TPSA) is 74.3 Å². The fourth-order valence-corrected chi connectivity index (χ4v) is 5.02. The second-order valence-electron chi connectivity index (χ2n) is 9.29. The zero-order valence-electron chi connectivity index (χ0n) is 22.3. The molecule has 0 saturated heterocycles. The minimum absolute atomic E-state index is 0.0625. The number of esters is 1. The van der Waals surface area contributed by atoms with Crippen molar-refractivity contribution in [3.05, 3.63) is 101 Å². The Bertz CT molecular complexity index is 1500. The number of fused-ring (bicyclic) bond motifs is 2. The van der Waals surface area contributed by atoms with Crippen molar-refractivity contribution in [1.82, 2.24) is 4.90 Å². The Morgan fingerprint density at radius 2 is 1.54 bits per heavy atom. The van der Waals surface area contributed by atoms with Crippen molar-refractivity contribution in [1.29, 1.82) is 0 Å². The SMILES string of the molecule is CCOC(=O)c1ccc(OCC2c3cc(OC)c(OC)cc3CCN2C(=O)c2ccc3ccccc3c2)cc1. The summed E-state index contributed by atoms with van der Waals surface area (Å²) in [5.74, 6) is 1.40. The van der Waals surface area contributed by atoms with Crippen molar-refractivity contribution in [3.8, 4) is 17.2 Å². The van der Waals surface area contributed by atoms with E-state index < -0.39 is 0 Å². The summed E-state index contributed by atoms with van der Waals surface area (Å²) in [6.07, 6.45) is 0.680. The molecule has 1 unspecified atom stereocenters. The van der Waals surface area contributed by atoms with E-state index in [4.69, 9.17) is 18.9 Å². The van der Waals surface area contributed by atoms with Gasteiger partial charge in [0, 0.05) is 12.1 Å². The van der Waals surface area contributed by atoms with Crippen LogP contribution in [0.4, 0.5) is 0 Å². The molecule has 0 saturated carbocycles. The smallest absolute Gasteiger partial charge is 0.338 e. The molecule has 5 rings (SSSR count). The lowest BCUT2D eigenvalue weighted by Crippen LogP contribution is -2.42. The van der Waals surface area contributed by atoms with Crippen LogP contribution in [0.2, 0.25) is 0 Å². The maximum absolute atomic E-state index is 13.9. The molecular formula is C32H31NO6. The van der Waals surface area contributed by atoms with Crippen molar-refractivity contribution >= 4 is 22.6 Å². The molecule has 0 aromatic heterocycles. The van der Waals surface area contributed by atoms with Crippen LogP contribution in [0.3, 0.4) is 0 Å². The minimum atomic E-state index is -0.376. The zero-order valence-corrected chi connectivity index (χ0v) is 22.3. The molecule has 4 aromatic rings. The maximum Gasteiger partial charge on any atom is 0.338 e. The predicted molar refractivity (Wildman–Crippen MR) is 149 cm³/mol. The number of nitrogens with zero attached hydrogens (tertiary/aromatic N) is 1. The van der Waals surface area contributed by atoms with Crippen LogP contribution in [0.15, 0.2) is 78.9 Å². The number of methoxy groups -OCH3 is 2. The number of carbonyl (C=O) groups is 2. The van der Waals surface area contributed by atoms with E-state index in [0.717, 1.165) is 21.9 Å². The highest BCUT2D eigenvalue weighted by molar-refractivity contribution is 5.99. The fourth-order valence-electron chi connectivity index (χ4n) is 5.02. The highest BCUT2D eigenvalue weighted by Crippen LogP contribution is 2.39. The third-order valence-electron chi connectivity index (χ3n) is 7.03. The first-order valence-corrected chi connectivity index (χ1v) is 13.0. The third-order valence-corrected chi connectivity index (χ3v) is 7.03. The Kier molecular flexibility index (Phi) is 7.68. The Hall–Kier alpha value is -4.52. The lowest BCUT2D eigenvalue weighted by molar-refractivity contribution is 0.0524. The van der Waals surface area contributed by atoms with Crippen LogP contribution >= 0.6 is 0 Å². The van der Waals surface area contributed by atoms with E-state index in [9.17, 15) is 9.59 Å². The van der Waals surface area contributed by atoms with E-state index in [0.29, 0.717) is 47.9 Å². The summed E-state index contributed by atoms with van der Waals surface area (Å²) < 4.78 is 22.4. The Morgan fingerprint density at radius 3 is 2.26 bits per heavy atom. The largest absolute Gasteiger partial charge is 0.493 e. The van der Waals surface area contributed by atoms with E-state index in [2.05, 4.69) is 0 Å². The molecule has 0 radical (unpaired) electrons. The number of hydrogen-bond donors (Lipinski definition) is 0. The van der Waals surface area contributed by atoms with Gasteiger partial charge in [-0.15, -0.1) is 0 Å². The van der Waals surface area contributed by atoms with Crippen molar-refractivity contribution in [2.45, 2.75) is 19.4 Å². The molecule has 1 amide bonds. The van der Waals surface area contributed by atoms with Crippen LogP contribution < -0.4 is 14.2 Å². The van der Waals surface area contributed by atoms with Crippen LogP contribution in [0.5, 0.6) is 17.2 Å². The molecule has 7 heteroatoms. The van der Waals surface area contributed by atoms with Gasteiger partial charge in [-0.05, 0) is 83.8 Å². The highest BCUT2D eigenvalue weighted by Gasteiger charge is 2.33. The Balaban J connectivity index is 1.46. The monoisotopic (exact) mass is 525 g/mol. The van der Waals surface area contributed by atoms with E-state index in [1.165, 1.54) is 0 Å². The van der Waals surface area contributed by atoms with Gasteiger partial charge in [-0.3, -0.25) is 4.79 Å². The minimum Gasteiger partial charge on any atom is -0.493 e. The molecular weight excluding hydrogens is 494 g/mol.